The minimum Gasteiger partial charge on any atom is -0.343 e. The summed E-state index contributed by atoms with van der Waals surface area (Å²) in [5.41, 5.74) is 1.07. The zero-order chi connectivity index (χ0) is 8.69. The molecule has 0 amide bonds. The van der Waals surface area contributed by atoms with E-state index in [0.29, 0.717) is 0 Å². The number of thiol groups is 1. The Morgan fingerprint density at radius 2 is 2.27 bits per heavy atom. The molecular formula is C8H16N2S. The van der Waals surface area contributed by atoms with Crippen LogP contribution in [-0.2, 0) is 0 Å². The highest BCUT2D eigenvalue weighted by Gasteiger charge is 1.87. The summed E-state index contributed by atoms with van der Waals surface area (Å²) in [6.07, 6.45) is 3.58. The van der Waals surface area contributed by atoms with Crippen LogP contribution >= 0.6 is 12.6 Å². The highest BCUT2D eigenvalue weighted by Crippen LogP contribution is 1.97. The van der Waals surface area contributed by atoms with E-state index in [1.165, 1.54) is 0 Å². The smallest absolute Gasteiger partial charge is 0.130 e. The summed E-state index contributed by atoms with van der Waals surface area (Å²) < 4.78 is 0. The first-order valence-electron chi connectivity index (χ1n) is 3.65. The fraction of sp³-hybridized carbons (Fsp3) is 0.375. The number of nitrogens with zero attached hydrogens (tertiary/aromatic N) is 1. The maximum absolute atomic E-state index is 4.01. The Morgan fingerprint density at radius 1 is 1.64 bits per heavy atom. The van der Waals surface area contributed by atoms with Crippen molar-refractivity contribution in [2.24, 2.45) is 0 Å². The number of aromatic nitrogens is 2. The third kappa shape index (κ3) is 3.88. The zero-order valence-corrected chi connectivity index (χ0v) is 8.02. The normalized spacial score (nSPS) is 9.45. The summed E-state index contributed by atoms with van der Waals surface area (Å²) in [7, 11) is 0. The topological polar surface area (TPSA) is 28.7 Å². The zero-order valence-electron chi connectivity index (χ0n) is 7.13. The Morgan fingerprint density at radius 3 is 2.64 bits per heavy atom. The van der Waals surface area contributed by atoms with Gasteiger partial charge >= 0.3 is 0 Å². The minimum absolute atomic E-state index is 0. The van der Waals surface area contributed by atoms with Crippen molar-refractivity contribution in [2.45, 2.75) is 20.8 Å². The van der Waals surface area contributed by atoms with Crippen molar-refractivity contribution in [3.63, 3.8) is 0 Å². The number of imidazole rings is 1. The summed E-state index contributed by atoms with van der Waals surface area (Å²) in [5, 5.41) is 1.65. The van der Waals surface area contributed by atoms with E-state index in [1.807, 2.05) is 20.8 Å². The molecule has 0 aliphatic rings. The van der Waals surface area contributed by atoms with Crippen LogP contribution in [0.4, 0.5) is 0 Å². The van der Waals surface area contributed by atoms with Gasteiger partial charge in [-0.25, -0.2) is 4.98 Å². The van der Waals surface area contributed by atoms with Crippen LogP contribution < -0.4 is 0 Å². The number of rotatable bonds is 1. The molecule has 2 nitrogen and oxygen atoms in total. The number of hydrogen-bond donors (Lipinski definition) is 2. The molecule has 0 fully saturated rings. The second-order valence-corrected chi connectivity index (χ2v) is 2.07. The van der Waals surface area contributed by atoms with Crippen molar-refractivity contribution in [1.82, 2.24) is 9.97 Å². The number of aryl methyl sites for hydroxylation is 1. The molecule has 0 radical (unpaired) electrons. The fourth-order valence-corrected chi connectivity index (χ4v) is 0.729. The van der Waals surface area contributed by atoms with Crippen LogP contribution in [0.2, 0.25) is 0 Å². The predicted octanol–water partition coefficient (Wildman–Crippen LogP) is 2.89. The Balaban J connectivity index is 0. The van der Waals surface area contributed by atoms with E-state index < -0.39 is 0 Å². The third-order valence-corrected chi connectivity index (χ3v) is 1.10. The van der Waals surface area contributed by atoms with Gasteiger partial charge in [0.15, 0.2) is 0 Å². The largest absolute Gasteiger partial charge is 0.343 e. The summed E-state index contributed by atoms with van der Waals surface area (Å²) in [5.74, 6) is 0.850. The van der Waals surface area contributed by atoms with Crippen LogP contribution in [0.25, 0.3) is 6.08 Å². The summed E-state index contributed by atoms with van der Waals surface area (Å²) in [6, 6.07) is 0. The predicted molar refractivity (Wildman–Crippen MR) is 54.8 cm³/mol. The Bertz CT molecular complexity index is 221. The van der Waals surface area contributed by atoms with Gasteiger partial charge in [0.05, 0.1) is 0 Å². The highest BCUT2D eigenvalue weighted by atomic mass is 32.1. The lowest BCUT2D eigenvalue weighted by Gasteiger charge is -1.78. The van der Waals surface area contributed by atoms with Crippen molar-refractivity contribution in [1.29, 1.82) is 0 Å². The van der Waals surface area contributed by atoms with Gasteiger partial charge in [0.1, 0.15) is 5.82 Å². The van der Waals surface area contributed by atoms with E-state index in [0.717, 1.165) is 11.5 Å². The van der Waals surface area contributed by atoms with Crippen LogP contribution in [0.15, 0.2) is 11.6 Å². The monoisotopic (exact) mass is 172 g/mol. The first-order chi connectivity index (χ1) is 5.33. The Kier molecular flexibility index (Phi) is 5.65. The summed E-state index contributed by atoms with van der Waals surface area (Å²) in [6.45, 7) is 5.96. The lowest BCUT2D eigenvalue weighted by molar-refractivity contribution is 1.22. The molecule has 1 rings (SSSR count). The number of nitrogens with one attached hydrogen (secondary N) is 1. The van der Waals surface area contributed by atoms with Crippen molar-refractivity contribution in [3.8, 4) is 0 Å². The Labute approximate surface area is 74.6 Å². The lowest BCUT2D eigenvalue weighted by atomic mass is 10.6. The van der Waals surface area contributed by atoms with E-state index in [9.17, 15) is 0 Å². The van der Waals surface area contributed by atoms with Crippen molar-refractivity contribution >= 4 is 18.7 Å². The first kappa shape index (κ1) is 10.3. The molecule has 11 heavy (non-hydrogen) atoms. The molecule has 0 saturated heterocycles. The SMILES string of the molecule is CC.Cc1cnc(/C=C/S)[nH]1.[HH]. The van der Waals surface area contributed by atoms with Crippen LogP contribution in [-0.4, -0.2) is 9.97 Å². The molecule has 64 valence electrons. The molecule has 0 aliphatic carbocycles. The fourth-order valence-electron chi connectivity index (χ4n) is 0.588. The van der Waals surface area contributed by atoms with Crippen LogP contribution in [0.5, 0.6) is 0 Å². The van der Waals surface area contributed by atoms with Crippen LogP contribution in [0, 0.1) is 6.92 Å². The van der Waals surface area contributed by atoms with Gasteiger partial charge in [-0.2, -0.15) is 12.6 Å². The van der Waals surface area contributed by atoms with E-state index >= 15 is 0 Å². The van der Waals surface area contributed by atoms with Gasteiger partial charge < -0.3 is 4.98 Å². The molecule has 0 aliphatic heterocycles. The van der Waals surface area contributed by atoms with Gasteiger partial charge in [0.25, 0.3) is 0 Å². The molecular weight excluding hydrogens is 156 g/mol. The highest BCUT2D eigenvalue weighted by molar-refractivity contribution is 7.83. The maximum atomic E-state index is 4.01. The van der Waals surface area contributed by atoms with Crippen LogP contribution in [0.3, 0.4) is 0 Å². The summed E-state index contributed by atoms with van der Waals surface area (Å²) >= 11 is 3.90. The summed E-state index contributed by atoms with van der Waals surface area (Å²) in [4.78, 5) is 7.04. The lowest BCUT2D eigenvalue weighted by Crippen LogP contribution is -1.71. The molecule has 0 bridgehead atoms. The standard InChI is InChI=1S/C6H8N2S.C2H6.H2/c1-5-4-7-6(8-5)2-3-9;1-2;/h2-4,9H,1H3,(H,7,8);1-2H3;1H/b3-2+;;. The van der Waals surface area contributed by atoms with Gasteiger partial charge in [-0.05, 0) is 18.4 Å². The number of hydrogen-bond acceptors (Lipinski definition) is 2. The second-order valence-electron chi connectivity index (χ2n) is 1.77. The van der Waals surface area contributed by atoms with E-state index in [4.69, 9.17) is 0 Å². The van der Waals surface area contributed by atoms with Gasteiger partial charge in [0.2, 0.25) is 0 Å². The molecule has 0 saturated carbocycles. The third-order valence-electron chi connectivity index (χ3n) is 0.955. The molecule has 1 N–H and O–H groups in total. The second kappa shape index (κ2) is 6.04. The Hall–Kier alpha value is -0.700. The maximum Gasteiger partial charge on any atom is 0.130 e. The number of H-pyrrole nitrogens is 1. The van der Waals surface area contributed by atoms with E-state index in [1.54, 1.807) is 17.7 Å². The average Bonchev–Trinajstić information content (AvgIpc) is 2.41. The molecule has 3 heteroatoms. The number of aromatic amines is 1. The molecule has 1 aromatic heterocycles. The molecule has 0 spiro atoms. The minimum atomic E-state index is 0. The van der Waals surface area contributed by atoms with Crippen molar-refractivity contribution in [2.75, 3.05) is 0 Å². The average molecular weight is 172 g/mol. The van der Waals surface area contributed by atoms with Crippen molar-refractivity contribution in [3.05, 3.63) is 23.1 Å². The van der Waals surface area contributed by atoms with Gasteiger partial charge in [-0.15, -0.1) is 0 Å². The molecule has 0 unspecified atom stereocenters. The van der Waals surface area contributed by atoms with E-state index in [-0.39, 0.29) is 1.43 Å². The van der Waals surface area contributed by atoms with E-state index in [2.05, 4.69) is 22.6 Å². The molecule has 0 atom stereocenters. The molecule has 1 heterocycles. The van der Waals surface area contributed by atoms with Gasteiger partial charge in [-0.1, -0.05) is 13.8 Å². The van der Waals surface area contributed by atoms with Gasteiger partial charge in [-0.3, -0.25) is 0 Å². The van der Waals surface area contributed by atoms with Crippen molar-refractivity contribution < 1.29 is 1.43 Å². The van der Waals surface area contributed by atoms with Crippen LogP contribution in [0.1, 0.15) is 26.8 Å². The molecule has 1 aromatic rings. The first-order valence-corrected chi connectivity index (χ1v) is 4.17. The van der Waals surface area contributed by atoms with Gasteiger partial charge in [0, 0.05) is 13.3 Å². The quantitative estimate of drug-likeness (QED) is 0.626. The molecule has 0 aromatic carbocycles.